The molecule has 10 rings (SSSR count). The number of hydrogen-bond acceptors (Lipinski definition) is 11. The molecule has 0 aromatic heterocycles. The average Bonchev–Trinajstić information content (AvgIpc) is 4.01. The van der Waals surface area contributed by atoms with E-state index in [1.54, 1.807) is 11.8 Å². The first-order chi connectivity index (χ1) is 29.0. The van der Waals surface area contributed by atoms with E-state index in [0.29, 0.717) is 62.8 Å². The van der Waals surface area contributed by atoms with Crippen LogP contribution in [0.5, 0.6) is 11.5 Å². The Morgan fingerprint density at radius 3 is 2.23 bits per heavy atom. The van der Waals surface area contributed by atoms with E-state index in [0.717, 1.165) is 44.6 Å². The van der Waals surface area contributed by atoms with Crippen LogP contribution >= 0.6 is 0 Å². The lowest BCUT2D eigenvalue weighted by Gasteiger charge is -2.75. The Labute approximate surface area is 362 Å². The summed E-state index contributed by atoms with van der Waals surface area (Å²) in [6.45, 7) is 14.3. The molecule has 12 nitrogen and oxygen atoms in total. The van der Waals surface area contributed by atoms with Crippen molar-refractivity contribution in [1.82, 2.24) is 9.80 Å². The van der Waals surface area contributed by atoms with Crippen LogP contribution in [0.1, 0.15) is 110 Å². The van der Waals surface area contributed by atoms with E-state index in [-0.39, 0.29) is 45.9 Å². The first-order valence-corrected chi connectivity index (χ1v) is 22.8. The predicted octanol–water partition coefficient (Wildman–Crippen LogP) is 6.41. The highest BCUT2D eigenvalue weighted by Gasteiger charge is 2.82. The van der Waals surface area contributed by atoms with E-state index in [1.807, 2.05) is 50.4 Å². The summed E-state index contributed by atoms with van der Waals surface area (Å²) in [4.78, 5) is 43.6. The average molecular weight is 844 g/mol. The second-order valence-electron chi connectivity index (χ2n) is 20.4. The highest BCUT2D eigenvalue weighted by Crippen LogP contribution is 2.78. The summed E-state index contributed by atoms with van der Waals surface area (Å²) in [5, 5.41) is 23.2. The van der Waals surface area contributed by atoms with Gasteiger partial charge in [0.2, 0.25) is 5.91 Å². The molecular formula is C49H69N3O9. The minimum Gasteiger partial charge on any atom is -0.504 e. The van der Waals surface area contributed by atoms with Crippen molar-refractivity contribution in [2.75, 3.05) is 59.0 Å². The number of phenolic OH excluding ortho intramolecular Hbond substituents is 1. The number of piperidine rings is 2. The smallest absolute Gasteiger partial charge is 0.332 e. The standard InChI is InChI=1S/C29H41NO4.C20H28N2O5/c1-25(2,3)26(4,32)20-15-27-10-11-29(20,33-5)24-28(27)12-13-30(16-17-6-7-17)21(27)14-18-8-9-19(31)23(34-24)22(18)28;1-4-17(23)22(16-8-6-5-7-9-16)20(19(25)27-3)11-14-21(15-12-20)13-10-18(24)26-2/h8-9,17,20-21,24,31-32H,6-7,10-16H2,1-5H3;5-9H,4,10-15H2,1-3H3/t20-,21-,24-,26+,27-,28+,29+;/m1./s1. The van der Waals surface area contributed by atoms with Crippen LogP contribution < -0.4 is 9.64 Å². The minimum absolute atomic E-state index is 0.0294. The Kier molecular flexibility index (Phi) is 11.4. The van der Waals surface area contributed by atoms with E-state index in [1.165, 1.54) is 44.7 Å². The number of methoxy groups -OCH3 is 3. The van der Waals surface area contributed by atoms with Gasteiger partial charge in [0.05, 0.1) is 26.2 Å². The second kappa shape index (κ2) is 15.8. The SMILES string of the molecule is CCC(=O)N(c1ccccc1)C1(C(=O)OC)CCN(CCC(=O)OC)CC1.CO[C@@]12CC[C@@]3(C[C@@H]1[C@](C)(O)C(C)(C)C)[C@H]1Cc4ccc(O)c5c4[C@@]3(CCN1CC1CC1)[C@H]2O5. The van der Waals surface area contributed by atoms with E-state index < -0.39 is 22.7 Å². The molecule has 2 aromatic rings. The number of carbonyl (C=O) groups is 3. The molecule has 2 N–H and O–H groups in total. The molecule has 8 aliphatic rings. The van der Waals surface area contributed by atoms with Crippen LogP contribution in [0.3, 0.4) is 0 Å². The molecule has 0 radical (unpaired) electrons. The molecule has 3 heterocycles. The molecule has 1 amide bonds. The number of likely N-dealkylation sites (tertiary alicyclic amines) is 2. The first-order valence-electron chi connectivity index (χ1n) is 22.8. The number of aromatic hydroxyl groups is 1. The number of carbonyl (C=O) groups excluding carboxylic acids is 3. The summed E-state index contributed by atoms with van der Waals surface area (Å²) in [6.07, 6.45) is 9.12. The fourth-order valence-corrected chi connectivity index (χ4v) is 13.2. The van der Waals surface area contributed by atoms with Crippen LogP contribution in [0.2, 0.25) is 0 Å². The van der Waals surface area contributed by atoms with Crippen LogP contribution in [0.4, 0.5) is 5.69 Å². The number of esters is 2. The molecule has 2 spiro atoms. The predicted molar refractivity (Wildman–Crippen MR) is 231 cm³/mol. The number of rotatable bonds is 11. The van der Waals surface area contributed by atoms with Gasteiger partial charge in [0.25, 0.3) is 0 Å². The van der Waals surface area contributed by atoms with Gasteiger partial charge >= 0.3 is 11.9 Å². The minimum atomic E-state index is -1.04. The van der Waals surface area contributed by atoms with Crippen LogP contribution in [0.15, 0.2) is 42.5 Å². The molecule has 12 heteroatoms. The highest BCUT2D eigenvalue weighted by molar-refractivity contribution is 6.02. The van der Waals surface area contributed by atoms with E-state index >= 15 is 0 Å². The van der Waals surface area contributed by atoms with Gasteiger partial charge in [-0.05, 0) is 106 Å². The van der Waals surface area contributed by atoms with Crippen LogP contribution in [0.25, 0.3) is 0 Å². The van der Waals surface area contributed by atoms with E-state index in [2.05, 4.69) is 41.4 Å². The zero-order valence-corrected chi connectivity index (χ0v) is 37.8. The largest absolute Gasteiger partial charge is 0.504 e. The normalized spacial score (nSPS) is 31.7. The monoisotopic (exact) mass is 844 g/mol. The molecule has 2 saturated heterocycles. The maximum atomic E-state index is 12.8. The molecule has 3 aliphatic heterocycles. The first kappa shape index (κ1) is 43.9. The molecule has 4 bridgehead atoms. The summed E-state index contributed by atoms with van der Waals surface area (Å²) in [5.41, 5.74) is 0.438. The van der Waals surface area contributed by atoms with Gasteiger partial charge in [-0.25, -0.2) is 4.79 Å². The quantitative estimate of drug-likeness (QED) is 0.243. The number of amides is 1. The number of fused-ring (bicyclic) bond motifs is 2. The zero-order chi connectivity index (χ0) is 43.8. The number of aliphatic hydroxyl groups is 1. The fraction of sp³-hybridized carbons (Fsp3) is 0.694. The third kappa shape index (κ3) is 6.62. The third-order valence-corrected chi connectivity index (χ3v) is 17.0. The van der Waals surface area contributed by atoms with Gasteiger partial charge < -0.3 is 34.1 Å². The number of nitrogens with zero attached hydrogens (tertiary/aromatic N) is 3. The Balaban J connectivity index is 0.000000174. The Morgan fingerprint density at radius 2 is 1.62 bits per heavy atom. The topological polar surface area (TPSA) is 138 Å². The van der Waals surface area contributed by atoms with Crippen molar-refractivity contribution < 1.29 is 43.5 Å². The van der Waals surface area contributed by atoms with Crippen molar-refractivity contribution in [3.8, 4) is 11.5 Å². The molecule has 6 fully saturated rings. The van der Waals surface area contributed by atoms with Gasteiger partial charge in [-0.1, -0.05) is 52.0 Å². The van der Waals surface area contributed by atoms with Crippen LogP contribution in [-0.4, -0.2) is 121 Å². The van der Waals surface area contributed by atoms with Gasteiger partial charge in [0.1, 0.15) is 17.2 Å². The van der Waals surface area contributed by atoms with Crippen molar-refractivity contribution in [2.24, 2.45) is 22.7 Å². The Bertz CT molecular complexity index is 1990. The summed E-state index contributed by atoms with van der Waals surface area (Å²) in [5.74, 6) is 1.03. The van der Waals surface area contributed by atoms with Crippen LogP contribution in [-0.2, 0) is 40.4 Å². The summed E-state index contributed by atoms with van der Waals surface area (Å²) >= 11 is 0. The molecule has 2 aromatic carbocycles. The summed E-state index contributed by atoms with van der Waals surface area (Å²) < 4.78 is 23.3. The number of anilines is 1. The van der Waals surface area contributed by atoms with Crippen molar-refractivity contribution in [3.05, 3.63) is 53.6 Å². The van der Waals surface area contributed by atoms with Gasteiger partial charge in [0, 0.05) is 73.8 Å². The lowest BCUT2D eigenvalue weighted by atomic mass is 9.33. The molecule has 4 saturated carbocycles. The van der Waals surface area contributed by atoms with Gasteiger partial charge in [-0.3, -0.25) is 19.4 Å². The van der Waals surface area contributed by atoms with Gasteiger partial charge in [0.15, 0.2) is 11.5 Å². The van der Waals surface area contributed by atoms with E-state index in [4.69, 9.17) is 14.2 Å². The molecule has 7 atom stereocenters. The summed E-state index contributed by atoms with van der Waals surface area (Å²) in [7, 11) is 4.55. The number of para-hydroxylation sites is 1. The number of phenols is 1. The highest BCUT2D eigenvalue weighted by atomic mass is 16.6. The molecular weight excluding hydrogens is 775 g/mol. The lowest BCUT2D eigenvalue weighted by molar-refractivity contribution is -0.312. The van der Waals surface area contributed by atoms with E-state index in [9.17, 15) is 24.6 Å². The van der Waals surface area contributed by atoms with Gasteiger partial charge in [-0.15, -0.1) is 0 Å². The Hall–Kier alpha value is -3.71. The molecule has 5 aliphatic carbocycles. The maximum Gasteiger partial charge on any atom is 0.332 e. The number of benzene rings is 2. The van der Waals surface area contributed by atoms with Crippen molar-refractivity contribution >= 4 is 23.5 Å². The molecule has 0 unspecified atom stereocenters. The second-order valence-corrected chi connectivity index (χ2v) is 20.4. The van der Waals surface area contributed by atoms with Crippen molar-refractivity contribution in [2.45, 2.75) is 140 Å². The van der Waals surface area contributed by atoms with Crippen molar-refractivity contribution in [3.63, 3.8) is 0 Å². The van der Waals surface area contributed by atoms with Crippen molar-refractivity contribution in [1.29, 1.82) is 0 Å². The van der Waals surface area contributed by atoms with Gasteiger partial charge in [-0.2, -0.15) is 0 Å². The fourth-order valence-electron chi connectivity index (χ4n) is 13.2. The lowest BCUT2D eigenvalue weighted by Crippen LogP contribution is -2.83. The third-order valence-electron chi connectivity index (χ3n) is 17.0. The van der Waals surface area contributed by atoms with Crippen LogP contribution in [0, 0.1) is 22.7 Å². The zero-order valence-electron chi connectivity index (χ0n) is 37.8. The molecule has 61 heavy (non-hydrogen) atoms. The maximum absolute atomic E-state index is 12.8. The Morgan fingerprint density at radius 1 is 0.918 bits per heavy atom. The molecule has 334 valence electrons. The number of ether oxygens (including phenoxy) is 4. The summed E-state index contributed by atoms with van der Waals surface area (Å²) in [6, 6.07) is 13.7. The number of hydrogen-bond donors (Lipinski definition) is 2.